The largest absolute Gasteiger partial charge is 0.343 e. The summed E-state index contributed by atoms with van der Waals surface area (Å²) in [5.74, 6) is 0.756. The molecule has 2 aliphatic rings. The van der Waals surface area contributed by atoms with Gasteiger partial charge in [0.15, 0.2) is 0 Å². The number of hydrogen-bond acceptors (Lipinski definition) is 3. The van der Waals surface area contributed by atoms with Gasteiger partial charge in [-0.1, -0.05) is 0 Å². The van der Waals surface area contributed by atoms with E-state index in [1.807, 2.05) is 11.9 Å². The quantitative estimate of drug-likeness (QED) is 0.624. The van der Waals surface area contributed by atoms with Crippen LogP contribution in [0.25, 0.3) is 0 Å². The highest BCUT2D eigenvalue weighted by Crippen LogP contribution is 2.30. The van der Waals surface area contributed by atoms with Crippen LogP contribution in [0.1, 0.15) is 12.8 Å². The molecule has 1 aliphatic heterocycles. The zero-order chi connectivity index (χ0) is 10.1. The van der Waals surface area contributed by atoms with Gasteiger partial charge in [-0.2, -0.15) is 0 Å². The summed E-state index contributed by atoms with van der Waals surface area (Å²) in [4.78, 5) is 26.5. The van der Waals surface area contributed by atoms with Gasteiger partial charge in [0.05, 0.1) is 13.1 Å². The second kappa shape index (κ2) is 3.69. The third kappa shape index (κ3) is 2.12. The molecule has 1 saturated heterocycles. The topological polar surface area (TPSA) is 40.6 Å². The molecule has 0 aromatic rings. The van der Waals surface area contributed by atoms with Crippen LogP contribution >= 0.6 is 0 Å². The molecule has 2 fully saturated rings. The van der Waals surface area contributed by atoms with Gasteiger partial charge in [-0.3, -0.25) is 14.5 Å². The van der Waals surface area contributed by atoms with Crippen LogP contribution in [0.5, 0.6) is 0 Å². The Balaban J connectivity index is 1.81. The van der Waals surface area contributed by atoms with E-state index in [1.54, 1.807) is 4.90 Å². The lowest BCUT2D eigenvalue weighted by atomic mass is 10.2. The van der Waals surface area contributed by atoms with Crippen molar-refractivity contribution in [2.75, 3.05) is 33.2 Å². The molecule has 1 aliphatic carbocycles. The van der Waals surface area contributed by atoms with E-state index in [1.165, 1.54) is 0 Å². The molecule has 0 spiro atoms. The molecule has 4 nitrogen and oxygen atoms in total. The minimum atomic E-state index is 0.125. The zero-order valence-corrected chi connectivity index (χ0v) is 8.53. The third-order valence-corrected chi connectivity index (χ3v) is 2.95. The van der Waals surface area contributed by atoms with Crippen molar-refractivity contribution < 1.29 is 9.59 Å². The standard InChI is InChI=1S/C10H16N2O2/c1-11-4-5-12(7-10(11)14)6-9(13)8-2-3-8/h8H,2-7H2,1H3. The number of ketones is 1. The summed E-state index contributed by atoms with van der Waals surface area (Å²) in [6.45, 7) is 2.47. The molecule has 0 N–H and O–H groups in total. The van der Waals surface area contributed by atoms with Gasteiger partial charge in [-0.05, 0) is 12.8 Å². The van der Waals surface area contributed by atoms with Crippen LogP contribution in [-0.2, 0) is 9.59 Å². The minimum absolute atomic E-state index is 0.125. The predicted octanol–water partition coefficient (Wildman–Crippen LogP) is -0.261. The van der Waals surface area contributed by atoms with Crippen LogP contribution in [0.4, 0.5) is 0 Å². The van der Waals surface area contributed by atoms with Gasteiger partial charge < -0.3 is 4.90 Å². The van der Waals surface area contributed by atoms with E-state index in [-0.39, 0.29) is 5.91 Å². The summed E-state index contributed by atoms with van der Waals surface area (Å²) in [7, 11) is 1.81. The zero-order valence-electron chi connectivity index (χ0n) is 8.53. The number of likely N-dealkylation sites (N-methyl/N-ethyl adjacent to an activating group) is 1. The normalized spacial score (nSPS) is 24.1. The highest BCUT2D eigenvalue weighted by atomic mass is 16.2. The van der Waals surface area contributed by atoms with E-state index in [4.69, 9.17) is 0 Å². The van der Waals surface area contributed by atoms with Gasteiger partial charge in [0.2, 0.25) is 5.91 Å². The fourth-order valence-corrected chi connectivity index (χ4v) is 1.70. The maximum absolute atomic E-state index is 11.5. The van der Waals surface area contributed by atoms with Crippen molar-refractivity contribution in [2.45, 2.75) is 12.8 Å². The first-order chi connectivity index (χ1) is 6.66. The molecular formula is C10H16N2O2. The molecule has 4 heteroatoms. The Morgan fingerprint density at radius 1 is 1.43 bits per heavy atom. The van der Waals surface area contributed by atoms with Crippen molar-refractivity contribution in [3.63, 3.8) is 0 Å². The smallest absolute Gasteiger partial charge is 0.236 e. The number of carbonyl (C=O) groups excluding carboxylic acids is 2. The van der Waals surface area contributed by atoms with Gasteiger partial charge in [0, 0.05) is 26.1 Å². The molecule has 14 heavy (non-hydrogen) atoms. The highest BCUT2D eigenvalue weighted by Gasteiger charge is 2.31. The number of carbonyl (C=O) groups is 2. The van der Waals surface area contributed by atoms with Crippen molar-refractivity contribution in [1.29, 1.82) is 0 Å². The van der Waals surface area contributed by atoms with Crippen LogP contribution in [-0.4, -0.2) is 54.7 Å². The number of nitrogens with zero attached hydrogens (tertiary/aromatic N) is 2. The molecule has 0 aromatic heterocycles. The van der Waals surface area contributed by atoms with E-state index in [0.29, 0.717) is 24.8 Å². The molecule has 0 bridgehead atoms. The van der Waals surface area contributed by atoms with Crippen molar-refractivity contribution in [3.05, 3.63) is 0 Å². The fourth-order valence-electron chi connectivity index (χ4n) is 1.70. The van der Waals surface area contributed by atoms with E-state index in [0.717, 1.165) is 25.9 Å². The second-order valence-corrected chi connectivity index (χ2v) is 4.27. The first-order valence-corrected chi connectivity index (χ1v) is 5.16. The van der Waals surface area contributed by atoms with Crippen molar-refractivity contribution in [3.8, 4) is 0 Å². The summed E-state index contributed by atoms with van der Waals surface area (Å²) in [5, 5.41) is 0. The summed E-state index contributed by atoms with van der Waals surface area (Å²) in [5.41, 5.74) is 0. The Hall–Kier alpha value is -0.900. The Kier molecular flexibility index (Phi) is 2.54. The summed E-state index contributed by atoms with van der Waals surface area (Å²) < 4.78 is 0. The van der Waals surface area contributed by atoms with Gasteiger partial charge in [-0.15, -0.1) is 0 Å². The molecule has 0 aromatic carbocycles. The summed E-state index contributed by atoms with van der Waals surface area (Å²) >= 11 is 0. The molecular weight excluding hydrogens is 180 g/mol. The lowest BCUT2D eigenvalue weighted by Gasteiger charge is -2.31. The average Bonchev–Trinajstić information content (AvgIpc) is 2.94. The maximum atomic E-state index is 11.5. The van der Waals surface area contributed by atoms with Crippen molar-refractivity contribution in [1.82, 2.24) is 9.80 Å². The highest BCUT2D eigenvalue weighted by molar-refractivity contribution is 5.86. The van der Waals surface area contributed by atoms with Crippen LogP contribution < -0.4 is 0 Å². The molecule has 0 atom stereocenters. The van der Waals surface area contributed by atoms with E-state index in [2.05, 4.69) is 0 Å². The first kappa shape index (κ1) is 9.65. The van der Waals surface area contributed by atoms with Crippen LogP contribution in [0, 0.1) is 5.92 Å². The molecule has 0 radical (unpaired) electrons. The van der Waals surface area contributed by atoms with E-state index < -0.39 is 0 Å². The number of amides is 1. The van der Waals surface area contributed by atoms with Crippen molar-refractivity contribution >= 4 is 11.7 Å². The number of rotatable bonds is 3. The van der Waals surface area contributed by atoms with Crippen LogP contribution in [0.2, 0.25) is 0 Å². The lowest BCUT2D eigenvalue weighted by molar-refractivity contribution is -0.135. The molecule has 1 saturated carbocycles. The van der Waals surface area contributed by atoms with Gasteiger partial charge in [-0.25, -0.2) is 0 Å². The predicted molar refractivity (Wildman–Crippen MR) is 51.8 cm³/mol. The van der Waals surface area contributed by atoms with E-state index in [9.17, 15) is 9.59 Å². The SMILES string of the molecule is CN1CCN(CC(=O)C2CC2)CC1=O. The fraction of sp³-hybridized carbons (Fsp3) is 0.800. The van der Waals surface area contributed by atoms with Gasteiger partial charge in [0.25, 0.3) is 0 Å². The monoisotopic (exact) mass is 196 g/mol. The van der Waals surface area contributed by atoms with Crippen molar-refractivity contribution in [2.24, 2.45) is 5.92 Å². The number of Topliss-reactive ketones (excluding diaryl/α,β-unsaturated/α-hetero) is 1. The van der Waals surface area contributed by atoms with Gasteiger partial charge in [0.1, 0.15) is 5.78 Å². The molecule has 78 valence electrons. The number of piperazine rings is 1. The Labute approximate surface area is 83.9 Å². The Bertz CT molecular complexity index is 261. The minimum Gasteiger partial charge on any atom is -0.343 e. The molecule has 0 unspecified atom stereocenters. The molecule has 1 heterocycles. The maximum Gasteiger partial charge on any atom is 0.236 e. The third-order valence-electron chi connectivity index (χ3n) is 2.95. The molecule has 2 rings (SSSR count). The Morgan fingerprint density at radius 2 is 2.14 bits per heavy atom. The summed E-state index contributed by atoms with van der Waals surface area (Å²) in [6, 6.07) is 0. The van der Waals surface area contributed by atoms with E-state index >= 15 is 0 Å². The number of hydrogen-bond donors (Lipinski definition) is 0. The molecule has 1 amide bonds. The second-order valence-electron chi connectivity index (χ2n) is 4.27. The van der Waals surface area contributed by atoms with Crippen LogP contribution in [0.15, 0.2) is 0 Å². The lowest BCUT2D eigenvalue weighted by Crippen LogP contribution is -2.50. The summed E-state index contributed by atoms with van der Waals surface area (Å²) in [6.07, 6.45) is 2.11. The average molecular weight is 196 g/mol. The first-order valence-electron chi connectivity index (χ1n) is 5.16. The van der Waals surface area contributed by atoms with Crippen LogP contribution in [0.3, 0.4) is 0 Å². The van der Waals surface area contributed by atoms with Gasteiger partial charge >= 0.3 is 0 Å². The Morgan fingerprint density at radius 3 is 2.71 bits per heavy atom.